The van der Waals surface area contributed by atoms with Crippen LogP contribution in [0.4, 0.5) is 0 Å². The highest BCUT2D eigenvalue weighted by Crippen LogP contribution is 2.10. The lowest BCUT2D eigenvalue weighted by molar-refractivity contribution is 0.874. The minimum atomic E-state index is 1.22. The quantitative estimate of drug-likeness (QED) is 0.485. The van der Waals surface area contributed by atoms with Crippen LogP contribution in [0.2, 0.25) is 0 Å². The molecule has 0 fully saturated rings. The maximum Gasteiger partial charge on any atom is -0.0288 e. The summed E-state index contributed by atoms with van der Waals surface area (Å²) >= 11 is 0. The largest absolute Gasteiger partial charge is 0.0856 e. The van der Waals surface area contributed by atoms with Gasteiger partial charge in [0.05, 0.1) is 0 Å². The van der Waals surface area contributed by atoms with Crippen molar-refractivity contribution in [2.24, 2.45) is 0 Å². The van der Waals surface area contributed by atoms with Gasteiger partial charge in [-0.2, -0.15) is 0 Å². The molecule has 0 aromatic carbocycles. The summed E-state index contributed by atoms with van der Waals surface area (Å²) in [6.45, 7) is 8.96. The Bertz CT molecular complexity index is 184. The molecule has 0 spiro atoms. The Balaban J connectivity index is 3.66. The van der Waals surface area contributed by atoms with E-state index in [1.165, 1.54) is 38.5 Å². The monoisotopic (exact) mass is 194 g/mol. The molecule has 0 amide bonds. The minimum absolute atomic E-state index is 1.22. The Hall–Kier alpha value is -0.520. The van der Waals surface area contributed by atoms with Gasteiger partial charge in [-0.05, 0) is 39.5 Å². The van der Waals surface area contributed by atoms with Crippen LogP contribution in [-0.4, -0.2) is 0 Å². The lowest BCUT2D eigenvalue weighted by Gasteiger charge is -2.00. The van der Waals surface area contributed by atoms with E-state index in [1.54, 1.807) is 11.1 Å². The number of hydrogen-bond acceptors (Lipinski definition) is 0. The first-order valence-corrected chi connectivity index (χ1v) is 6.02. The molecule has 0 unspecified atom stereocenters. The Morgan fingerprint density at radius 1 is 0.786 bits per heavy atom. The third-order valence-electron chi connectivity index (χ3n) is 2.46. The molecular formula is C14H26. The second kappa shape index (κ2) is 9.05. The smallest absolute Gasteiger partial charge is 0.0288 e. The van der Waals surface area contributed by atoms with Crippen molar-refractivity contribution >= 4 is 0 Å². The van der Waals surface area contributed by atoms with Crippen LogP contribution in [0.5, 0.6) is 0 Å². The molecule has 0 rings (SSSR count). The summed E-state index contributed by atoms with van der Waals surface area (Å²) in [5.41, 5.74) is 3.10. The zero-order valence-corrected chi connectivity index (χ0v) is 10.4. The van der Waals surface area contributed by atoms with Gasteiger partial charge < -0.3 is 0 Å². The van der Waals surface area contributed by atoms with Gasteiger partial charge in [-0.25, -0.2) is 0 Å². The summed E-state index contributed by atoms with van der Waals surface area (Å²) in [5, 5.41) is 0. The van der Waals surface area contributed by atoms with Crippen LogP contribution in [0.25, 0.3) is 0 Å². The van der Waals surface area contributed by atoms with E-state index in [2.05, 4.69) is 39.8 Å². The molecule has 0 aliphatic heterocycles. The third-order valence-corrected chi connectivity index (χ3v) is 2.46. The van der Waals surface area contributed by atoms with Gasteiger partial charge in [-0.15, -0.1) is 0 Å². The molecule has 0 N–H and O–H groups in total. The Labute approximate surface area is 90.1 Å². The first-order valence-electron chi connectivity index (χ1n) is 6.02. The van der Waals surface area contributed by atoms with Crippen molar-refractivity contribution in [3.05, 3.63) is 23.3 Å². The second-order valence-corrected chi connectivity index (χ2v) is 4.18. The molecule has 0 aliphatic rings. The lowest BCUT2D eigenvalue weighted by atomic mass is 10.1. The van der Waals surface area contributed by atoms with Crippen LogP contribution < -0.4 is 0 Å². The SMILES string of the molecule is CCCC=C(C)CCC=C(C)CCC. The normalized spacial score (nSPS) is 13.4. The van der Waals surface area contributed by atoms with E-state index < -0.39 is 0 Å². The van der Waals surface area contributed by atoms with Crippen molar-refractivity contribution in [2.75, 3.05) is 0 Å². The number of unbranched alkanes of at least 4 members (excludes halogenated alkanes) is 1. The molecule has 0 aromatic rings. The molecule has 0 saturated carbocycles. The summed E-state index contributed by atoms with van der Waals surface area (Å²) in [6.07, 6.45) is 12.3. The van der Waals surface area contributed by atoms with Crippen LogP contribution in [0, 0.1) is 0 Å². The van der Waals surface area contributed by atoms with Crippen molar-refractivity contribution in [2.45, 2.75) is 66.2 Å². The van der Waals surface area contributed by atoms with Crippen molar-refractivity contribution in [1.82, 2.24) is 0 Å². The summed E-state index contributed by atoms with van der Waals surface area (Å²) in [5.74, 6) is 0. The summed E-state index contributed by atoms with van der Waals surface area (Å²) < 4.78 is 0. The van der Waals surface area contributed by atoms with E-state index in [0.29, 0.717) is 0 Å². The lowest BCUT2D eigenvalue weighted by Crippen LogP contribution is -1.79. The predicted octanol–water partition coefficient (Wildman–Crippen LogP) is 5.26. The summed E-state index contributed by atoms with van der Waals surface area (Å²) in [4.78, 5) is 0. The van der Waals surface area contributed by atoms with Crippen molar-refractivity contribution in [1.29, 1.82) is 0 Å². The van der Waals surface area contributed by atoms with Gasteiger partial charge in [0.25, 0.3) is 0 Å². The van der Waals surface area contributed by atoms with Gasteiger partial charge in [-0.3, -0.25) is 0 Å². The Morgan fingerprint density at radius 2 is 1.36 bits per heavy atom. The molecule has 0 atom stereocenters. The minimum Gasteiger partial charge on any atom is -0.0856 e. The fourth-order valence-corrected chi connectivity index (χ4v) is 1.54. The van der Waals surface area contributed by atoms with Gasteiger partial charge in [-0.1, -0.05) is 50.0 Å². The van der Waals surface area contributed by atoms with E-state index in [-0.39, 0.29) is 0 Å². The molecule has 0 radical (unpaired) electrons. The molecule has 0 nitrogen and oxygen atoms in total. The van der Waals surface area contributed by atoms with Crippen LogP contribution in [0.1, 0.15) is 66.2 Å². The van der Waals surface area contributed by atoms with Crippen LogP contribution in [0.15, 0.2) is 23.3 Å². The second-order valence-electron chi connectivity index (χ2n) is 4.18. The van der Waals surface area contributed by atoms with E-state index in [4.69, 9.17) is 0 Å². The van der Waals surface area contributed by atoms with Gasteiger partial charge in [0.15, 0.2) is 0 Å². The molecule has 0 heteroatoms. The average Bonchev–Trinajstić information content (AvgIpc) is 2.15. The maximum atomic E-state index is 2.40. The molecule has 0 saturated heterocycles. The summed E-state index contributed by atoms with van der Waals surface area (Å²) in [7, 11) is 0. The molecule has 0 heterocycles. The van der Waals surface area contributed by atoms with Crippen LogP contribution >= 0.6 is 0 Å². The molecule has 82 valence electrons. The van der Waals surface area contributed by atoms with E-state index in [0.717, 1.165) is 0 Å². The first-order chi connectivity index (χ1) is 6.70. The highest BCUT2D eigenvalue weighted by molar-refractivity contribution is 5.03. The van der Waals surface area contributed by atoms with Crippen molar-refractivity contribution in [3.8, 4) is 0 Å². The van der Waals surface area contributed by atoms with E-state index in [1.807, 2.05) is 0 Å². The molecule has 0 aromatic heterocycles. The molecule has 0 aliphatic carbocycles. The van der Waals surface area contributed by atoms with Crippen molar-refractivity contribution < 1.29 is 0 Å². The Morgan fingerprint density at radius 3 is 1.93 bits per heavy atom. The number of rotatable bonds is 7. The van der Waals surface area contributed by atoms with Crippen LogP contribution in [0.3, 0.4) is 0 Å². The predicted molar refractivity (Wildman–Crippen MR) is 66.6 cm³/mol. The first kappa shape index (κ1) is 13.5. The van der Waals surface area contributed by atoms with Crippen molar-refractivity contribution in [3.63, 3.8) is 0 Å². The van der Waals surface area contributed by atoms with Gasteiger partial charge in [0, 0.05) is 0 Å². The molecule has 0 bridgehead atoms. The third kappa shape index (κ3) is 8.10. The topological polar surface area (TPSA) is 0 Å². The highest BCUT2D eigenvalue weighted by Gasteiger charge is 1.90. The summed E-state index contributed by atoms with van der Waals surface area (Å²) in [6, 6.07) is 0. The zero-order chi connectivity index (χ0) is 10.8. The van der Waals surface area contributed by atoms with E-state index in [9.17, 15) is 0 Å². The molecule has 14 heavy (non-hydrogen) atoms. The zero-order valence-electron chi connectivity index (χ0n) is 10.4. The highest BCUT2D eigenvalue weighted by atomic mass is 14.0. The number of hydrogen-bond donors (Lipinski definition) is 0. The fraction of sp³-hybridized carbons (Fsp3) is 0.714. The Kier molecular flexibility index (Phi) is 8.72. The van der Waals surface area contributed by atoms with Gasteiger partial charge >= 0.3 is 0 Å². The van der Waals surface area contributed by atoms with E-state index >= 15 is 0 Å². The van der Waals surface area contributed by atoms with Gasteiger partial charge in [0.2, 0.25) is 0 Å². The average molecular weight is 194 g/mol. The standard InChI is InChI=1S/C14H26/c1-5-7-10-14(4)12-8-11-13(3)9-6-2/h10-11H,5-9,12H2,1-4H3. The maximum absolute atomic E-state index is 2.40. The molecular weight excluding hydrogens is 168 g/mol. The van der Waals surface area contributed by atoms with Gasteiger partial charge in [0.1, 0.15) is 0 Å². The fourth-order valence-electron chi connectivity index (χ4n) is 1.54. The number of allylic oxidation sites excluding steroid dienone is 4. The van der Waals surface area contributed by atoms with Crippen LogP contribution in [-0.2, 0) is 0 Å².